The Morgan fingerprint density at radius 1 is 0.906 bits per heavy atom. The lowest BCUT2D eigenvalue weighted by Crippen LogP contribution is -2.60. The van der Waals surface area contributed by atoms with Gasteiger partial charge in [-0.25, -0.2) is 4.79 Å². The van der Waals surface area contributed by atoms with Gasteiger partial charge in [-0.15, -0.1) is 0 Å². The van der Waals surface area contributed by atoms with Crippen LogP contribution >= 0.6 is 0 Å². The average molecular weight is 428 g/mol. The summed E-state index contributed by atoms with van der Waals surface area (Å²) < 4.78 is 0. The number of carboxylic acid groups (broad SMARTS) is 1. The van der Waals surface area contributed by atoms with Crippen molar-refractivity contribution in [1.29, 1.82) is 0 Å². The Bertz CT molecular complexity index is 1230. The summed E-state index contributed by atoms with van der Waals surface area (Å²) in [5, 5.41) is 11.0. The van der Waals surface area contributed by atoms with Gasteiger partial charge in [0, 0.05) is 24.7 Å². The van der Waals surface area contributed by atoms with Gasteiger partial charge in [0.15, 0.2) is 0 Å². The summed E-state index contributed by atoms with van der Waals surface area (Å²) in [7, 11) is 0. The predicted molar refractivity (Wildman–Crippen MR) is 122 cm³/mol. The van der Waals surface area contributed by atoms with E-state index in [4.69, 9.17) is 5.11 Å². The fourth-order valence-corrected chi connectivity index (χ4v) is 4.86. The topological polar surface area (TPSA) is 77.9 Å². The molecule has 0 aromatic heterocycles. The molecule has 0 radical (unpaired) electrons. The maximum absolute atomic E-state index is 13.3. The van der Waals surface area contributed by atoms with Gasteiger partial charge < -0.3 is 14.9 Å². The molecule has 5 rings (SSSR count). The van der Waals surface area contributed by atoms with Crippen LogP contribution < -0.4 is 0 Å². The molecule has 6 heteroatoms. The third kappa shape index (κ3) is 3.42. The SMILES string of the molecule is C[C@@H]1C(=O)N2CCC[C@H]2CN1C(=O)c1ccc2cc(-c3ccc(C(=O)O)cc3)ccc2c1. The van der Waals surface area contributed by atoms with Gasteiger partial charge in [0.2, 0.25) is 5.91 Å². The van der Waals surface area contributed by atoms with E-state index in [2.05, 4.69) is 0 Å². The molecule has 2 amide bonds. The minimum Gasteiger partial charge on any atom is -0.478 e. The highest BCUT2D eigenvalue weighted by atomic mass is 16.4. The van der Waals surface area contributed by atoms with E-state index in [9.17, 15) is 14.4 Å². The number of carboxylic acids is 1. The average Bonchev–Trinajstić information content (AvgIpc) is 3.29. The van der Waals surface area contributed by atoms with Gasteiger partial charge in [0.25, 0.3) is 5.91 Å². The fourth-order valence-electron chi connectivity index (χ4n) is 4.86. The van der Waals surface area contributed by atoms with Crippen LogP contribution in [0.4, 0.5) is 0 Å². The number of fused-ring (bicyclic) bond motifs is 2. The van der Waals surface area contributed by atoms with Crippen molar-refractivity contribution in [1.82, 2.24) is 9.80 Å². The quantitative estimate of drug-likeness (QED) is 0.683. The molecule has 1 N–H and O–H groups in total. The van der Waals surface area contributed by atoms with Gasteiger partial charge in [0.05, 0.1) is 5.56 Å². The lowest BCUT2D eigenvalue weighted by Gasteiger charge is -2.41. The van der Waals surface area contributed by atoms with Crippen LogP contribution in [0.2, 0.25) is 0 Å². The predicted octanol–water partition coefficient (Wildman–Crippen LogP) is 4.04. The second-order valence-corrected chi connectivity index (χ2v) is 8.62. The summed E-state index contributed by atoms with van der Waals surface area (Å²) in [4.78, 5) is 40.7. The second-order valence-electron chi connectivity index (χ2n) is 8.62. The Labute approximate surface area is 186 Å². The Morgan fingerprint density at radius 3 is 2.31 bits per heavy atom. The van der Waals surface area contributed by atoms with Crippen molar-refractivity contribution in [2.75, 3.05) is 13.1 Å². The standard InChI is InChI=1S/C26H24N2O4/c1-16-24(29)27-12-2-3-23(27)15-28(16)25(30)22-11-10-20-13-19(8-9-21(20)14-22)17-4-6-18(7-5-17)26(31)32/h4-11,13-14,16,23H,2-3,12,15H2,1H3,(H,31,32)/t16-,23+/m1/s1. The number of aromatic carboxylic acids is 1. The second kappa shape index (κ2) is 7.79. The molecule has 3 aromatic rings. The molecule has 162 valence electrons. The Hall–Kier alpha value is -3.67. The van der Waals surface area contributed by atoms with E-state index < -0.39 is 12.0 Å². The molecule has 0 spiro atoms. The van der Waals surface area contributed by atoms with E-state index in [1.807, 2.05) is 48.2 Å². The highest BCUT2D eigenvalue weighted by Crippen LogP contribution is 2.29. The summed E-state index contributed by atoms with van der Waals surface area (Å²) in [6.07, 6.45) is 1.96. The molecule has 2 atom stereocenters. The Morgan fingerprint density at radius 2 is 1.56 bits per heavy atom. The van der Waals surface area contributed by atoms with Crippen LogP contribution in [0.5, 0.6) is 0 Å². The molecule has 2 heterocycles. The van der Waals surface area contributed by atoms with Crippen molar-refractivity contribution in [3.8, 4) is 11.1 Å². The lowest BCUT2D eigenvalue weighted by atomic mass is 9.98. The highest BCUT2D eigenvalue weighted by molar-refractivity contribution is 6.01. The summed E-state index contributed by atoms with van der Waals surface area (Å²) >= 11 is 0. The number of rotatable bonds is 3. The Balaban J connectivity index is 1.41. The maximum Gasteiger partial charge on any atom is 0.335 e. The van der Waals surface area contributed by atoms with E-state index in [1.165, 1.54) is 0 Å². The molecule has 2 saturated heterocycles. The first kappa shape index (κ1) is 20.2. The monoisotopic (exact) mass is 428 g/mol. The summed E-state index contributed by atoms with van der Waals surface area (Å²) in [5.41, 5.74) is 2.75. The molecule has 0 bridgehead atoms. The van der Waals surface area contributed by atoms with E-state index in [1.54, 1.807) is 29.2 Å². The van der Waals surface area contributed by atoms with Crippen molar-refractivity contribution >= 4 is 28.6 Å². The number of piperazine rings is 1. The third-order valence-electron chi connectivity index (χ3n) is 6.71. The molecule has 2 aliphatic heterocycles. The van der Waals surface area contributed by atoms with Crippen LogP contribution in [0.25, 0.3) is 21.9 Å². The lowest BCUT2D eigenvalue weighted by molar-refractivity contribution is -0.141. The normalized spacial score (nSPS) is 20.5. The van der Waals surface area contributed by atoms with Crippen LogP contribution in [0.1, 0.15) is 40.5 Å². The first-order valence-electron chi connectivity index (χ1n) is 10.9. The van der Waals surface area contributed by atoms with E-state index in [0.717, 1.165) is 41.3 Å². The number of carbonyl (C=O) groups is 3. The zero-order chi connectivity index (χ0) is 22.4. The zero-order valence-electron chi connectivity index (χ0n) is 17.8. The number of benzene rings is 3. The number of hydrogen-bond acceptors (Lipinski definition) is 3. The van der Waals surface area contributed by atoms with Crippen molar-refractivity contribution in [3.05, 3.63) is 71.8 Å². The minimum atomic E-state index is -0.947. The van der Waals surface area contributed by atoms with Crippen LogP contribution in [0.3, 0.4) is 0 Å². The smallest absolute Gasteiger partial charge is 0.335 e. The van der Waals surface area contributed by atoms with Crippen molar-refractivity contribution in [2.45, 2.75) is 31.8 Å². The molecule has 0 aliphatic carbocycles. The van der Waals surface area contributed by atoms with Crippen LogP contribution in [0, 0.1) is 0 Å². The fraction of sp³-hybridized carbons (Fsp3) is 0.269. The number of amides is 2. The first-order valence-corrected chi connectivity index (χ1v) is 10.9. The van der Waals surface area contributed by atoms with Gasteiger partial charge in [0.1, 0.15) is 6.04 Å². The number of hydrogen-bond donors (Lipinski definition) is 1. The van der Waals surface area contributed by atoms with E-state index in [0.29, 0.717) is 12.1 Å². The molecule has 0 saturated carbocycles. The number of carbonyl (C=O) groups excluding carboxylic acids is 2. The summed E-state index contributed by atoms with van der Waals surface area (Å²) in [5.74, 6) is -1.00. The third-order valence-corrected chi connectivity index (χ3v) is 6.71. The largest absolute Gasteiger partial charge is 0.478 e. The minimum absolute atomic E-state index is 0.0476. The van der Waals surface area contributed by atoms with Gasteiger partial charge in [-0.2, -0.15) is 0 Å². The summed E-state index contributed by atoms with van der Waals surface area (Å²) in [6.45, 7) is 3.21. The van der Waals surface area contributed by atoms with Crippen molar-refractivity contribution < 1.29 is 19.5 Å². The number of nitrogens with zero attached hydrogens (tertiary/aromatic N) is 2. The van der Waals surface area contributed by atoms with Crippen LogP contribution in [-0.2, 0) is 4.79 Å². The molecular weight excluding hydrogens is 404 g/mol. The molecule has 3 aromatic carbocycles. The van der Waals surface area contributed by atoms with E-state index >= 15 is 0 Å². The highest BCUT2D eigenvalue weighted by Gasteiger charge is 2.42. The molecule has 2 aliphatic rings. The van der Waals surface area contributed by atoms with Gasteiger partial charge in [-0.3, -0.25) is 9.59 Å². The molecular formula is C26H24N2O4. The van der Waals surface area contributed by atoms with Gasteiger partial charge >= 0.3 is 5.97 Å². The van der Waals surface area contributed by atoms with Crippen molar-refractivity contribution in [3.63, 3.8) is 0 Å². The molecule has 0 unspecified atom stereocenters. The summed E-state index contributed by atoms with van der Waals surface area (Å²) in [6, 6.07) is 18.1. The maximum atomic E-state index is 13.3. The Kier molecular flexibility index (Phi) is 4.93. The molecule has 6 nitrogen and oxygen atoms in total. The van der Waals surface area contributed by atoms with Crippen LogP contribution in [-0.4, -0.2) is 57.9 Å². The first-order chi connectivity index (χ1) is 15.4. The molecule has 2 fully saturated rings. The van der Waals surface area contributed by atoms with E-state index in [-0.39, 0.29) is 23.4 Å². The van der Waals surface area contributed by atoms with Crippen LogP contribution in [0.15, 0.2) is 60.7 Å². The molecule has 32 heavy (non-hydrogen) atoms. The van der Waals surface area contributed by atoms with Gasteiger partial charge in [-0.05, 0) is 72.0 Å². The van der Waals surface area contributed by atoms with Gasteiger partial charge in [-0.1, -0.05) is 30.3 Å². The zero-order valence-corrected chi connectivity index (χ0v) is 17.8. The van der Waals surface area contributed by atoms with Crippen molar-refractivity contribution in [2.24, 2.45) is 0 Å².